The molecule has 0 aliphatic carbocycles. The van der Waals surface area contributed by atoms with E-state index in [1.54, 1.807) is 12.1 Å². The van der Waals surface area contributed by atoms with Crippen molar-refractivity contribution < 1.29 is 9.50 Å². The quantitative estimate of drug-likeness (QED) is 0.895. The van der Waals surface area contributed by atoms with Crippen LogP contribution in [0.15, 0.2) is 18.2 Å². The summed E-state index contributed by atoms with van der Waals surface area (Å²) < 4.78 is 13.7. The summed E-state index contributed by atoms with van der Waals surface area (Å²) >= 11 is 5.92. The van der Waals surface area contributed by atoms with Gasteiger partial charge in [0.1, 0.15) is 5.82 Å². The highest BCUT2D eigenvalue weighted by Gasteiger charge is 2.20. The first-order valence-corrected chi connectivity index (χ1v) is 7.34. The van der Waals surface area contributed by atoms with Crippen LogP contribution < -0.4 is 0 Å². The highest BCUT2D eigenvalue weighted by Crippen LogP contribution is 2.24. The monoisotopic (exact) mass is 285 g/mol. The van der Waals surface area contributed by atoms with E-state index in [9.17, 15) is 4.39 Å². The molecule has 0 spiro atoms. The average molecular weight is 286 g/mol. The largest absolute Gasteiger partial charge is 0.396 e. The van der Waals surface area contributed by atoms with Crippen LogP contribution in [0.5, 0.6) is 0 Å². The normalized spacial score (nSPS) is 20.7. The van der Waals surface area contributed by atoms with Crippen molar-refractivity contribution >= 4 is 11.6 Å². The lowest BCUT2D eigenvalue weighted by Crippen LogP contribution is -2.35. The minimum Gasteiger partial charge on any atom is -0.396 e. The van der Waals surface area contributed by atoms with E-state index in [0.717, 1.165) is 32.4 Å². The molecule has 1 aromatic carbocycles. The Kier molecular flexibility index (Phi) is 5.61. The Labute approximate surface area is 119 Å². The van der Waals surface area contributed by atoms with Crippen LogP contribution in [-0.2, 0) is 6.54 Å². The van der Waals surface area contributed by atoms with E-state index >= 15 is 0 Å². The molecule has 4 heteroatoms. The lowest BCUT2D eigenvalue weighted by atomic mass is 9.93. The number of aliphatic hydroxyl groups is 1. The van der Waals surface area contributed by atoms with Crippen molar-refractivity contribution in [3.63, 3.8) is 0 Å². The minimum absolute atomic E-state index is 0.179. The Morgan fingerprint density at radius 1 is 1.42 bits per heavy atom. The van der Waals surface area contributed by atoms with Crippen molar-refractivity contribution in [2.75, 3.05) is 19.7 Å². The van der Waals surface area contributed by atoms with Gasteiger partial charge in [0, 0.05) is 30.3 Å². The summed E-state index contributed by atoms with van der Waals surface area (Å²) in [6, 6.07) is 4.74. The molecule has 19 heavy (non-hydrogen) atoms. The fourth-order valence-corrected chi connectivity index (χ4v) is 3.01. The third-order valence-electron chi connectivity index (χ3n) is 3.78. The van der Waals surface area contributed by atoms with Crippen LogP contribution in [0.2, 0.25) is 5.02 Å². The van der Waals surface area contributed by atoms with Gasteiger partial charge >= 0.3 is 0 Å². The SMILES string of the molecule is OCCC[C@@H]1CCCN(Cc2cc(Cl)ccc2F)C1. The molecular formula is C15H21ClFNO. The fourth-order valence-electron chi connectivity index (χ4n) is 2.82. The number of likely N-dealkylation sites (tertiary alicyclic amines) is 1. The van der Waals surface area contributed by atoms with Gasteiger partial charge in [-0.05, 0) is 56.3 Å². The van der Waals surface area contributed by atoms with E-state index in [0.29, 0.717) is 23.0 Å². The molecule has 1 aliphatic rings. The molecule has 0 aromatic heterocycles. The molecule has 1 aromatic rings. The van der Waals surface area contributed by atoms with Crippen LogP contribution in [0.1, 0.15) is 31.2 Å². The van der Waals surface area contributed by atoms with E-state index in [2.05, 4.69) is 4.90 Å². The van der Waals surface area contributed by atoms with Gasteiger partial charge in [0.2, 0.25) is 0 Å². The molecule has 1 fully saturated rings. The summed E-state index contributed by atoms with van der Waals surface area (Å²) in [5.74, 6) is 0.449. The maximum absolute atomic E-state index is 13.7. The maximum Gasteiger partial charge on any atom is 0.127 e. The molecule has 0 bridgehead atoms. The zero-order valence-electron chi connectivity index (χ0n) is 11.1. The number of aliphatic hydroxyl groups excluding tert-OH is 1. The first-order valence-electron chi connectivity index (χ1n) is 6.96. The molecule has 0 amide bonds. The summed E-state index contributed by atoms with van der Waals surface area (Å²) in [5.41, 5.74) is 0.676. The van der Waals surface area contributed by atoms with Gasteiger partial charge in [0.15, 0.2) is 0 Å². The van der Waals surface area contributed by atoms with Gasteiger partial charge in [-0.3, -0.25) is 4.90 Å². The molecular weight excluding hydrogens is 265 g/mol. The van der Waals surface area contributed by atoms with E-state index in [1.807, 2.05) is 0 Å². The highest BCUT2D eigenvalue weighted by atomic mass is 35.5. The second-order valence-corrected chi connectivity index (χ2v) is 5.78. The van der Waals surface area contributed by atoms with E-state index in [-0.39, 0.29) is 12.4 Å². The van der Waals surface area contributed by atoms with E-state index < -0.39 is 0 Å². The number of hydrogen-bond donors (Lipinski definition) is 1. The molecule has 106 valence electrons. The summed E-state index contributed by atoms with van der Waals surface area (Å²) in [6.07, 6.45) is 4.29. The molecule has 1 saturated heterocycles. The fraction of sp³-hybridized carbons (Fsp3) is 0.600. The topological polar surface area (TPSA) is 23.5 Å². The van der Waals surface area contributed by atoms with E-state index in [4.69, 9.17) is 16.7 Å². The Morgan fingerprint density at radius 2 is 2.26 bits per heavy atom. The molecule has 0 unspecified atom stereocenters. The van der Waals surface area contributed by atoms with Crippen molar-refractivity contribution in [3.05, 3.63) is 34.6 Å². The second-order valence-electron chi connectivity index (χ2n) is 5.34. The summed E-state index contributed by atoms with van der Waals surface area (Å²) in [5, 5.41) is 9.48. The molecule has 1 aliphatic heterocycles. The van der Waals surface area contributed by atoms with Crippen molar-refractivity contribution in [1.29, 1.82) is 0 Å². The number of halogens is 2. The molecule has 0 saturated carbocycles. The Hall–Kier alpha value is -0.640. The van der Waals surface area contributed by atoms with Gasteiger partial charge in [0.25, 0.3) is 0 Å². The predicted octanol–water partition coefficient (Wildman–Crippen LogP) is 3.46. The summed E-state index contributed by atoms with van der Waals surface area (Å²) in [7, 11) is 0. The molecule has 2 rings (SSSR count). The lowest BCUT2D eigenvalue weighted by Gasteiger charge is -2.32. The van der Waals surface area contributed by atoms with Gasteiger partial charge in [0.05, 0.1) is 0 Å². The number of rotatable bonds is 5. The third kappa shape index (κ3) is 4.44. The van der Waals surface area contributed by atoms with Crippen LogP contribution >= 0.6 is 11.6 Å². The van der Waals surface area contributed by atoms with Gasteiger partial charge in [-0.15, -0.1) is 0 Å². The summed E-state index contributed by atoms with van der Waals surface area (Å²) in [6.45, 7) is 2.90. The minimum atomic E-state index is -0.179. The molecule has 1 atom stereocenters. The first kappa shape index (κ1) is 14.8. The standard InChI is InChI=1S/C15H21ClFNO/c16-14-5-6-15(17)13(9-14)11-18-7-1-3-12(10-18)4-2-8-19/h5-6,9,12,19H,1-4,7-8,10-11H2/t12-/m0/s1. The summed E-state index contributed by atoms with van der Waals surface area (Å²) in [4.78, 5) is 2.29. The van der Waals surface area contributed by atoms with Gasteiger partial charge in [-0.25, -0.2) is 4.39 Å². The molecule has 2 nitrogen and oxygen atoms in total. The Morgan fingerprint density at radius 3 is 3.05 bits per heavy atom. The first-order chi connectivity index (χ1) is 9.19. The predicted molar refractivity (Wildman–Crippen MR) is 75.7 cm³/mol. The number of nitrogens with zero attached hydrogens (tertiary/aromatic N) is 1. The van der Waals surface area contributed by atoms with Crippen LogP contribution in [0.25, 0.3) is 0 Å². The van der Waals surface area contributed by atoms with Crippen molar-refractivity contribution in [2.45, 2.75) is 32.2 Å². The zero-order valence-corrected chi connectivity index (χ0v) is 11.9. The van der Waals surface area contributed by atoms with Gasteiger partial charge in [-0.1, -0.05) is 11.6 Å². The van der Waals surface area contributed by atoms with Gasteiger partial charge in [-0.2, -0.15) is 0 Å². The van der Waals surface area contributed by atoms with E-state index in [1.165, 1.54) is 12.5 Å². The third-order valence-corrected chi connectivity index (χ3v) is 4.01. The van der Waals surface area contributed by atoms with Crippen LogP contribution in [0.3, 0.4) is 0 Å². The molecule has 1 N–H and O–H groups in total. The van der Waals surface area contributed by atoms with Gasteiger partial charge < -0.3 is 5.11 Å². The molecule has 1 heterocycles. The second kappa shape index (κ2) is 7.22. The van der Waals surface area contributed by atoms with Crippen LogP contribution in [0, 0.1) is 11.7 Å². The van der Waals surface area contributed by atoms with Crippen molar-refractivity contribution in [1.82, 2.24) is 4.90 Å². The number of piperidine rings is 1. The highest BCUT2D eigenvalue weighted by molar-refractivity contribution is 6.30. The Balaban J connectivity index is 1.93. The smallest absolute Gasteiger partial charge is 0.127 e. The van der Waals surface area contributed by atoms with Crippen molar-refractivity contribution in [3.8, 4) is 0 Å². The van der Waals surface area contributed by atoms with Crippen molar-refractivity contribution in [2.24, 2.45) is 5.92 Å². The number of benzene rings is 1. The number of hydrogen-bond acceptors (Lipinski definition) is 2. The Bertz CT molecular complexity index is 413. The maximum atomic E-state index is 13.7. The zero-order chi connectivity index (χ0) is 13.7. The molecule has 0 radical (unpaired) electrons. The average Bonchev–Trinajstić information content (AvgIpc) is 2.41. The lowest BCUT2D eigenvalue weighted by molar-refractivity contribution is 0.152. The van der Waals surface area contributed by atoms with Crippen LogP contribution in [0.4, 0.5) is 4.39 Å². The van der Waals surface area contributed by atoms with Crippen LogP contribution in [-0.4, -0.2) is 29.7 Å².